The smallest absolute Gasteiger partial charge is 0.328 e. The second-order valence-corrected chi connectivity index (χ2v) is 4.23. The number of rotatable bonds is 2. The fourth-order valence-corrected chi connectivity index (χ4v) is 1.84. The maximum atomic E-state index is 11.0. The highest BCUT2D eigenvalue weighted by Gasteiger charge is 2.28. The topological polar surface area (TPSA) is 68.0 Å². The van der Waals surface area contributed by atoms with Gasteiger partial charge >= 0.3 is 5.97 Å². The third-order valence-corrected chi connectivity index (χ3v) is 2.69. The van der Waals surface area contributed by atoms with Crippen molar-refractivity contribution in [3.63, 3.8) is 0 Å². The number of fused-ring (bicyclic) bond motifs is 1. The van der Waals surface area contributed by atoms with Gasteiger partial charge in [-0.1, -0.05) is 13.8 Å². The average molecular weight is 209 g/mol. The fourth-order valence-electron chi connectivity index (χ4n) is 1.84. The minimum absolute atomic E-state index is 0.248. The number of aromatic nitrogens is 3. The quantitative estimate of drug-likeness (QED) is 0.798. The van der Waals surface area contributed by atoms with E-state index in [1.165, 1.54) is 0 Å². The van der Waals surface area contributed by atoms with Gasteiger partial charge in [0.25, 0.3) is 0 Å². The van der Waals surface area contributed by atoms with Crippen molar-refractivity contribution in [2.24, 2.45) is 0 Å². The first-order valence-corrected chi connectivity index (χ1v) is 5.27. The summed E-state index contributed by atoms with van der Waals surface area (Å²) in [6.45, 7) is 4.02. The van der Waals surface area contributed by atoms with Gasteiger partial charge < -0.3 is 5.11 Å². The number of carboxylic acids is 1. The van der Waals surface area contributed by atoms with Gasteiger partial charge in [-0.2, -0.15) is 5.10 Å². The van der Waals surface area contributed by atoms with Gasteiger partial charge in [-0.15, -0.1) is 0 Å². The summed E-state index contributed by atoms with van der Waals surface area (Å²) in [6, 6.07) is -0.520. The zero-order valence-corrected chi connectivity index (χ0v) is 8.97. The van der Waals surface area contributed by atoms with Crippen molar-refractivity contribution in [2.75, 3.05) is 0 Å². The standard InChI is InChI=1S/C10H15N3O2/c1-6(2)9-11-8-5-3-4-7(10(14)15)13(8)12-9/h6-7H,3-5H2,1-2H3,(H,14,15). The predicted octanol–water partition coefficient (Wildman–Crippen LogP) is 1.36. The number of nitrogens with zero attached hydrogens (tertiary/aromatic N) is 3. The largest absolute Gasteiger partial charge is 0.480 e. The molecule has 82 valence electrons. The molecule has 1 atom stereocenters. The molecule has 15 heavy (non-hydrogen) atoms. The lowest BCUT2D eigenvalue weighted by Gasteiger charge is -2.19. The van der Waals surface area contributed by atoms with E-state index in [1.54, 1.807) is 4.68 Å². The first-order chi connectivity index (χ1) is 7.09. The Bertz CT molecular complexity index is 384. The number of carbonyl (C=O) groups is 1. The minimum Gasteiger partial charge on any atom is -0.480 e. The zero-order valence-electron chi connectivity index (χ0n) is 8.97. The van der Waals surface area contributed by atoms with Crippen LogP contribution in [0.15, 0.2) is 0 Å². The molecule has 0 aromatic carbocycles. The van der Waals surface area contributed by atoms with E-state index in [2.05, 4.69) is 10.1 Å². The lowest BCUT2D eigenvalue weighted by molar-refractivity contribution is -0.141. The van der Waals surface area contributed by atoms with Gasteiger partial charge in [0.1, 0.15) is 5.82 Å². The molecule has 2 heterocycles. The third kappa shape index (κ3) is 1.73. The molecule has 0 saturated heterocycles. The Kier molecular flexibility index (Phi) is 2.46. The second kappa shape index (κ2) is 3.64. The molecule has 0 spiro atoms. The molecule has 0 fully saturated rings. The van der Waals surface area contributed by atoms with E-state index in [-0.39, 0.29) is 5.92 Å². The molecular weight excluding hydrogens is 194 g/mol. The maximum Gasteiger partial charge on any atom is 0.328 e. The first kappa shape index (κ1) is 10.1. The Hall–Kier alpha value is -1.39. The number of carboxylic acid groups (broad SMARTS) is 1. The van der Waals surface area contributed by atoms with Gasteiger partial charge in [-0.3, -0.25) is 0 Å². The van der Waals surface area contributed by atoms with Crippen LogP contribution in [0.25, 0.3) is 0 Å². The summed E-state index contributed by atoms with van der Waals surface area (Å²) in [7, 11) is 0. The lowest BCUT2D eigenvalue weighted by atomic mass is 10.1. The van der Waals surface area contributed by atoms with E-state index in [1.807, 2.05) is 13.8 Å². The summed E-state index contributed by atoms with van der Waals surface area (Å²) in [5.74, 6) is 1.00. The van der Waals surface area contributed by atoms with Crippen molar-refractivity contribution < 1.29 is 9.90 Å². The van der Waals surface area contributed by atoms with Crippen molar-refractivity contribution in [2.45, 2.75) is 45.1 Å². The second-order valence-electron chi connectivity index (χ2n) is 4.23. The van der Waals surface area contributed by atoms with Crippen molar-refractivity contribution >= 4 is 5.97 Å². The predicted molar refractivity (Wildman–Crippen MR) is 53.7 cm³/mol. The molecule has 1 N–H and O–H groups in total. The van der Waals surface area contributed by atoms with Crippen molar-refractivity contribution in [3.05, 3.63) is 11.6 Å². The summed E-state index contributed by atoms with van der Waals surface area (Å²) in [5.41, 5.74) is 0. The van der Waals surface area contributed by atoms with E-state index < -0.39 is 12.0 Å². The zero-order chi connectivity index (χ0) is 11.0. The van der Waals surface area contributed by atoms with Crippen molar-refractivity contribution in [3.8, 4) is 0 Å². The highest BCUT2D eigenvalue weighted by Crippen LogP contribution is 2.24. The van der Waals surface area contributed by atoms with E-state index in [4.69, 9.17) is 5.11 Å². The molecule has 0 saturated carbocycles. The Labute approximate surface area is 88.1 Å². The number of aryl methyl sites for hydroxylation is 1. The highest BCUT2D eigenvalue weighted by atomic mass is 16.4. The Balaban J connectivity index is 2.38. The number of hydrogen-bond acceptors (Lipinski definition) is 3. The molecular formula is C10H15N3O2. The van der Waals surface area contributed by atoms with Crippen LogP contribution >= 0.6 is 0 Å². The summed E-state index contributed by atoms with van der Waals surface area (Å²) >= 11 is 0. The molecule has 0 amide bonds. The highest BCUT2D eigenvalue weighted by molar-refractivity contribution is 5.71. The number of aliphatic carboxylic acids is 1. The van der Waals surface area contributed by atoms with E-state index >= 15 is 0 Å². The van der Waals surface area contributed by atoms with Crippen molar-refractivity contribution in [1.29, 1.82) is 0 Å². The molecule has 1 aromatic heterocycles. The van der Waals surface area contributed by atoms with Crippen LogP contribution in [0.1, 0.15) is 50.3 Å². The van der Waals surface area contributed by atoms with E-state index in [0.29, 0.717) is 6.42 Å². The van der Waals surface area contributed by atoms with Crippen LogP contribution in [-0.2, 0) is 11.2 Å². The van der Waals surface area contributed by atoms with Gasteiger partial charge in [0.15, 0.2) is 11.9 Å². The Morgan fingerprint density at radius 1 is 1.60 bits per heavy atom. The molecule has 5 nitrogen and oxygen atoms in total. The molecule has 1 aliphatic heterocycles. The van der Waals surface area contributed by atoms with E-state index in [9.17, 15) is 4.79 Å². The SMILES string of the molecule is CC(C)c1nc2n(n1)C(C(=O)O)CCC2. The molecule has 2 rings (SSSR count). The van der Waals surface area contributed by atoms with Gasteiger partial charge in [0.05, 0.1) is 0 Å². The first-order valence-electron chi connectivity index (χ1n) is 5.27. The fraction of sp³-hybridized carbons (Fsp3) is 0.700. The van der Waals surface area contributed by atoms with Crippen LogP contribution in [0, 0.1) is 0 Å². The van der Waals surface area contributed by atoms with Crippen LogP contribution in [0.4, 0.5) is 0 Å². The average Bonchev–Trinajstić information content (AvgIpc) is 2.60. The molecule has 1 aliphatic rings. The van der Waals surface area contributed by atoms with Crippen LogP contribution in [0.3, 0.4) is 0 Å². The van der Waals surface area contributed by atoms with Gasteiger partial charge in [-0.25, -0.2) is 14.5 Å². The van der Waals surface area contributed by atoms with Gasteiger partial charge in [0, 0.05) is 12.3 Å². The van der Waals surface area contributed by atoms with Crippen LogP contribution in [0.5, 0.6) is 0 Å². The molecule has 5 heteroatoms. The summed E-state index contributed by atoms with van der Waals surface area (Å²) in [6.07, 6.45) is 2.37. The molecule has 1 aromatic rings. The van der Waals surface area contributed by atoms with Gasteiger partial charge in [-0.05, 0) is 12.8 Å². The maximum absolute atomic E-state index is 11.0. The molecule has 0 bridgehead atoms. The lowest BCUT2D eigenvalue weighted by Crippen LogP contribution is -2.26. The number of hydrogen-bond donors (Lipinski definition) is 1. The summed E-state index contributed by atoms with van der Waals surface area (Å²) < 4.78 is 1.58. The normalized spacial score (nSPS) is 20.3. The van der Waals surface area contributed by atoms with Gasteiger partial charge in [0.2, 0.25) is 0 Å². The van der Waals surface area contributed by atoms with Crippen LogP contribution < -0.4 is 0 Å². The van der Waals surface area contributed by atoms with Crippen molar-refractivity contribution in [1.82, 2.24) is 14.8 Å². The molecule has 0 aliphatic carbocycles. The Morgan fingerprint density at radius 2 is 2.33 bits per heavy atom. The summed E-state index contributed by atoms with van der Waals surface area (Å²) in [5, 5.41) is 13.3. The van der Waals surface area contributed by atoms with Crippen LogP contribution in [0.2, 0.25) is 0 Å². The third-order valence-electron chi connectivity index (χ3n) is 2.69. The molecule has 0 radical (unpaired) electrons. The minimum atomic E-state index is -0.809. The summed E-state index contributed by atoms with van der Waals surface area (Å²) in [4.78, 5) is 15.4. The molecule has 1 unspecified atom stereocenters. The monoisotopic (exact) mass is 209 g/mol. The van der Waals surface area contributed by atoms with Crippen LogP contribution in [-0.4, -0.2) is 25.8 Å². The van der Waals surface area contributed by atoms with E-state index in [0.717, 1.165) is 24.5 Å². The Morgan fingerprint density at radius 3 is 2.93 bits per heavy atom.